The summed E-state index contributed by atoms with van der Waals surface area (Å²) < 4.78 is 11.1. The summed E-state index contributed by atoms with van der Waals surface area (Å²) in [6.07, 6.45) is 4.26. The molecular formula is C19H24N2O3. The highest BCUT2D eigenvalue weighted by molar-refractivity contribution is 5.81. The van der Waals surface area contributed by atoms with E-state index in [2.05, 4.69) is 16.8 Å². The van der Waals surface area contributed by atoms with Gasteiger partial charge in [0.25, 0.3) is 0 Å². The summed E-state index contributed by atoms with van der Waals surface area (Å²) >= 11 is 0. The normalized spacial score (nSPS) is 11.2. The predicted molar refractivity (Wildman–Crippen MR) is 92.5 cm³/mol. The fourth-order valence-corrected chi connectivity index (χ4v) is 2.45. The minimum Gasteiger partial charge on any atom is -0.456 e. The quantitative estimate of drug-likeness (QED) is 0.436. The summed E-state index contributed by atoms with van der Waals surface area (Å²) in [6, 6.07) is 10.1. The number of rotatable bonds is 9. The second-order valence-electron chi connectivity index (χ2n) is 6.22. The van der Waals surface area contributed by atoms with E-state index in [0.29, 0.717) is 19.6 Å². The Morgan fingerprint density at radius 1 is 1.33 bits per heavy atom. The number of aromatic amines is 1. The molecule has 2 aromatic rings. The van der Waals surface area contributed by atoms with Crippen molar-refractivity contribution in [2.45, 2.75) is 38.9 Å². The van der Waals surface area contributed by atoms with Crippen LogP contribution in [0.1, 0.15) is 30.7 Å². The van der Waals surface area contributed by atoms with Gasteiger partial charge in [0.1, 0.15) is 5.60 Å². The van der Waals surface area contributed by atoms with Crippen molar-refractivity contribution in [2.24, 2.45) is 0 Å². The minimum atomic E-state index is -0.616. The van der Waals surface area contributed by atoms with Crippen LogP contribution >= 0.6 is 0 Å². The first-order valence-corrected chi connectivity index (χ1v) is 7.98. The van der Waals surface area contributed by atoms with E-state index in [1.807, 2.05) is 44.2 Å². The molecule has 0 aliphatic rings. The average Bonchev–Trinajstić information content (AvgIpc) is 2.98. The highest BCUT2D eigenvalue weighted by Crippen LogP contribution is 2.19. The van der Waals surface area contributed by atoms with Crippen LogP contribution in [-0.2, 0) is 33.7 Å². The molecule has 128 valence electrons. The molecule has 0 amide bonds. The Labute approximate surface area is 142 Å². The van der Waals surface area contributed by atoms with Crippen molar-refractivity contribution in [2.75, 3.05) is 6.61 Å². The monoisotopic (exact) mass is 328 g/mol. The van der Waals surface area contributed by atoms with Gasteiger partial charge in [-0.05, 0) is 25.0 Å². The Morgan fingerprint density at radius 2 is 2.08 bits per heavy atom. The van der Waals surface area contributed by atoms with Crippen LogP contribution in [0.4, 0.5) is 0 Å². The van der Waals surface area contributed by atoms with Gasteiger partial charge in [0, 0.05) is 24.6 Å². The molecule has 24 heavy (non-hydrogen) atoms. The van der Waals surface area contributed by atoms with Gasteiger partial charge in [-0.3, -0.25) is 5.10 Å². The van der Waals surface area contributed by atoms with E-state index in [9.17, 15) is 4.79 Å². The predicted octanol–water partition coefficient (Wildman–Crippen LogP) is 3.22. The number of ether oxygens (including phenoxy) is 2. The van der Waals surface area contributed by atoms with E-state index >= 15 is 0 Å². The number of H-pyrrole nitrogens is 1. The number of esters is 1. The van der Waals surface area contributed by atoms with Gasteiger partial charge in [-0.25, -0.2) is 4.79 Å². The molecule has 0 saturated carbocycles. The lowest BCUT2D eigenvalue weighted by Gasteiger charge is -2.24. The molecule has 0 spiro atoms. The molecular weight excluding hydrogens is 304 g/mol. The average molecular weight is 328 g/mol. The van der Waals surface area contributed by atoms with Gasteiger partial charge >= 0.3 is 5.97 Å². The molecule has 5 nitrogen and oxygen atoms in total. The number of carbonyl (C=O) groups is 1. The third kappa shape index (κ3) is 5.66. The Balaban J connectivity index is 1.84. The maximum atomic E-state index is 11.4. The van der Waals surface area contributed by atoms with E-state index in [4.69, 9.17) is 9.47 Å². The van der Waals surface area contributed by atoms with Gasteiger partial charge in [-0.15, -0.1) is 0 Å². The van der Waals surface area contributed by atoms with Crippen LogP contribution in [0.5, 0.6) is 0 Å². The van der Waals surface area contributed by atoms with Crippen molar-refractivity contribution in [1.29, 1.82) is 0 Å². The molecule has 5 heteroatoms. The number of hydrogen-bond acceptors (Lipinski definition) is 4. The smallest absolute Gasteiger partial charge is 0.330 e. The summed E-state index contributed by atoms with van der Waals surface area (Å²) in [5.41, 5.74) is 2.57. The number of nitrogens with one attached hydrogen (secondary N) is 1. The highest BCUT2D eigenvalue weighted by atomic mass is 16.6. The van der Waals surface area contributed by atoms with E-state index in [1.165, 1.54) is 6.08 Å². The van der Waals surface area contributed by atoms with Gasteiger partial charge in [0.05, 0.1) is 19.4 Å². The van der Waals surface area contributed by atoms with Crippen molar-refractivity contribution >= 4 is 5.97 Å². The minimum absolute atomic E-state index is 0.420. The lowest BCUT2D eigenvalue weighted by atomic mass is 9.98. The Hall–Kier alpha value is -2.40. The van der Waals surface area contributed by atoms with Crippen LogP contribution in [0.15, 0.2) is 49.2 Å². The maximum Gasteiger partial charge on any atom is 0.330 e. The van der Waals surface area contributed by atoms with Crippen molar-refractivity contribution in [3.8, 4) is 0 Å². The zero-order valence-corrected chi connectivity index (χ0v) is 14.2. The molecule has 0 radical (unpaired) electrons. The first kappa shape index (κ1) is 17.9. The number of nitrogens with zero attached hydrogens (tertiary/aromatic N) is 1. The van der Waals surface area contributed by atoms with Crippen LogP contribution in [0.3, 0.4) is 0 Å². The fourth-order valence-electron chi connectivity index (χ4n) is 2.45. The van der Waals surface area contributed by atoms with Crippen LogP contribution in [0.2, 0.25) is 0 Å². The van der Waals surface area contributed by atoms with Gasteiger partial charge in [0.15, 0.2) is 0 Å². The second kappa shape index (κ2) is 8.45. The van der Waals surface area contributed by atoms with Gasteiger partial charge in [0.2, 0.25) is 0 Å². The summed E-state index contributed by atoms with van der Waals surface area (Å²) in [4.78, 5) is 11.4. The standard InChI is InChI=1S/C19H24N2O3/c1-4-18(22)24-19(2,3)12-16-13-20-21-17(16)10-11-23-14-15-8-6-5-7-9-15/h4-9,13H,1,10-12,14H2,2-3H3,(H,20,21). The van der Waals surface area contributed by atoms with Crippen LogP contribution < -0.4 is 0 Å². The van der Waals surface area contributed by atoms with Crippen LogP contribution in [0, 0.1) is 0 Å². The summed E-state index contributed by atoms with van der Waals surface area (Å²) in [5, 5.41) is 7.10. The number of benzene rings is 1. The van der Waals surface area contributed by atoms with Gasteiger partial charge in [-0.1, -0.05) is 36.9 Å². The molecule has 1 N–H and O–H groups in total. The third-order valence-electron chi connectivity index (χ3n) is 3.58. The molecule has 0 saturated heterocycles. The molecule has 1 heterocycles. The van der Waals surface area contributed by atoms with Crippen LogP contribution in [0.25, 0.3) is 0 Å². The van der Waals surface area contributed by atoms with E-state index in [-0.39, 0.29) is 0 Å². The summed E-state index contributed by atoms with van der Waals surface area (Å²) in [5.74, 6) is -0.420. The molecule has 0 bridgehead atoms. The molecule has 1 aromatic carbocycles. The van der Waals surface area contributed by atoms with Crippen LogP contribution in [-0.4, -0.2) is 28.4 Å². The lowest BCUT2D eigenvalue weighted by Crippen LogP contribution is -2.30. The topological polar surface area (TPSA) is 64.2 Å². The SMILES string of the molecule is C=CC(=O)OC(C)(C)Cc1cn[nH]c1CCOCc1ccccc1. The lowest BCUT2D eigenvalue weighted by molar-refractivity contribution is -0.149. The van der Waals surface area contributed by atoms with Crippen molar-refractivity contribution in [3.05, 3.63) is 66.0 Å². The molecule has 0 aliphatic heterocycles. The van der Waals surface area contributed by atoms with Gasteiger partial charge in [-0.2, -0.15) is 5.10 Å². The Morgan fingerprint density at radius 3 is 2.79 bits per heavy atom. The van der Waals surface area contributed by atoms with Crippen molar-refractivity contribution in [1.82, 2.24) is 10.2 Å². The Kier molecular flexibility index (Phi) is 6.32. The molecule has 0 unspecified atom stereocenters. The third-order valence-corrected chi connectivity index (χ3v) is 3.58. The highest BCUT2D eigenvalue weighted by Gasteiger charge is 2.24. The molecule has 1 aromatic heterocycles. The summed E-state index contributed by atoms with van der Waals surface area (Å²) in [7, 11) is 0. The van der Waals surface area contributed by atoms with E-state index in [0.717, 1.165) is 23.2 Å². The van der Waals surface area contributed by atoms with Crippen molar-refractivity contribution < 1.29 is 14.3 Å². The zero-order valence-electron chi connectivity index (χ0n) is 14.2. The van der Waals surface area contributed by atoms with Crippen molar-refractivity contribution in [3.63, 3.8) is 0 Å². The zero-order chi connectivity index (χ0) is 17.4. The van der Waals surface area contributed by atoms with E-state index < -0.39 is 11.6 Å². The first-order valence-electron chi connectivity index (χ1n) is 7.98. The summed E-state index contributed by atoms with van der Waals surface area (Å²) in [6.45, 7) is 8.35. The number of aromatic nitrogens is 2. The molecule has 0 fully saturated rings. The molecule has 0 atom stereocenters. The fraction of sp³-hybridized carbons (Fsp3) is 0.368. The molecule has 0 aliphatic carbocycles. The number of carbonyl (C=O) groups excluding carboxylic acids is 1. The van der Waals surface area contributed by atoms with E-state index in [1.54, 1.807) is 6.20 Å². The molecule has 2 rings (SSSR count). The Bertz CT molecular complexity index is 662. The second-order valence-corrected chi connectivity index (χ2v) is 6.22. The maximum absolute atomic E-state index is 11.4. The largest absolute Gasteiger partial charge is 0.456 e. The van der Waals surface area contributed by atoms with Gasteiger partial charge < -0.3 is 9.47 Å². The number of hydrogen-bond donors (Lipinski definition) is 1. The first-order chi connectivity index (χ1) is 11.5.